The third kappa shape index (κ3) is 3.59. The van der Waals surface area contributed by atoms with E-state index in [2.05, 4.69) is 43.6 Å². The van der Waals surface area contributed by atoms with Gasteiger partial charge in [0.05, 0.1) is 17.6 Å². The van der Waals surface area contributed by atoms with Crippen molar-refractivity contribution in [2.75, 3.05) is 6.61 Å². The average molecular weight is 336 g/mol. The second kappa shape index (κ2) is 7.53. The van der Waals surface area contributed by atoms with Gasteiger partial charge >= 0.3 is 0 Å². The summed E-state index contributed by atoms with van der Waals surface area (Å²) < 4.78 is 8.03. The Morgan fingerprint density at radius 3 is 2.72 bits per heavy atom. The van der Waals surface area contributed by atoms with Crippen LogP contribution in [0.25, 0.3) is 11.0 Å². The number of ether oxygens (including phenoxy) is 1. The summed E-state index contributed by atoms with van der Waals surface area (Å²) in [6.07, 6.45) is 2.66. The van der Waals surface area contributed by atoms with E-state index in [4.69, 9.17) is 4.74 Å². The number of allylic oxidation sites excluding steroid dienone is 1. The zero-order chi connectivity index (χ0) is 17.8. The first-order valence-electron chi connectivity index (χ1n) is 8.53. The minimum absolute atomic E-state index is 0.0835. The third-order valence-electron chi connectivity index (χ3n) is 4.49. The molecular weight excluding hydrogens is 312 g/mol. The van der Waals surface area contributed by atoms with E-state index in [1.54, 1.807) is 0 Å². The molecule has 0 unspecified atom stereocenters. The summed E-state index contributed by atoms with van der Waals surface area (Å²) in [5, 5.41) is 9.65. The van der Waals surface area contributed by atoms with Crippen molar-refractivity contribution in [1.82, 2.24) is 9.55 Å². The van der Waals surface area contributed by atoms with E-state index < -0.39 is 0 Å². The lowest BCUT2D eigenvalue weighted by Crippen LogP contribution is -2.12. The normalized spacial score (nSPS) is 11.0. The molecule has 130 valence electrons. The van der Waals surface area contributed by atoms with E-state index in [1.165, 1.54) is 11.1 Å². The summed E-state index contributed by atoms with van der Waals surface area (Å²) >= 11 is 0. The Bertz CT molecular complexity index is 896. The quantitative estimate of drug-likeness (QED) is 0.665. The average Bonchev–Trinajstić information content (AvgIpc) is 2.94. The van der Waals surface area contributed by atoms with Crippen LogP contribution in [0.2, 0.25) is 0 Å². The van der Waals surface area contributed by atoms with Gasteiger partial charge in [0.15, 0.2) is 0 Å². The van der Waals surface area contributed by atoms with Gasteiger partial charge in [-0.15, -0.1) is 6.58 Å². The molecule has 4 heteroatoms. The molecule has 0 aliphatic rings. The highest BCUT2D eigenvalue weighted by molar-refractivity contribution is 5.78. The predicted molar refractivity (Wildman–Crippen MR) is 101 cm³/mol. The zero-order valence-corrected chi connectivity index (χ0v) is 14.8. The maximum atomic E-state index is 9.65. The number of aryl methyl sites for hydroxylation is 2. The molecule has 25 heavy (non-hydrogen) atoms. The molecule has 0 aliphatic carbocycles. The van der Waals surface area contributed by atoms with Crippen molar-refractivity contribution in [3.8, 4) is 5.75 Å². The molecule has 0 saturated carbocycles. The fourth-order valence-corrected chi connectivity index (χ4v) is 3.02. The number of fused-ring (bicyclic) bond motifs is 1. The molecule has 4 nitrogen and oxygen atoms in total. The number of aliphatic hydroxyl groups excluding tert-OH is 1. The van der Waals surface area contributed by atoms with Crippen molar-refractivity contribution >= 4 is 11.0 Å². The number of hydrogen-bond acceptors (Lipinski definition) is 3. The van der Waals surface area contributed by atoms with Gasteiger partial charge in [0.1, 0.15) is 24.8 Å². The number of aliphatic hydroxyl groups is 1. The Morgan fingerprint density at radius 2 is 1.96 bits per heavy atom. The van der Waals surface area contributed by atoms with Gasteiger partial charge in [-0.25, -0.2) is 4.98 Å². The fourth-order valence-electron chi connectivity index (χ4n) is 3.02. The standard InChI is InChI=1S/C21H24N2O2/c1-4-7-17-8-5-6-9-20(17)25-11-10-23-19-13-16(3)15(2)12-18(19)22-21(23)14-24/h4-6,8-9,12-13,24H,1,7,10-11,14H2,2-3H3. The number of aromatic nitrogens is 2. The van der Waals surface area contributed by atoms with E-state index in [1.807, 2.05) is 28.8 Å². The number of imidazole rings is 1. The van der Waals surface area contributed by atoms with Gasteiger partial charge in [0.25, 0.3) is 0 Å². The number of rotatable bonds is 7. The van der Waals surface area contributed by atoms with Crippen molar-refractivity contribution in [2.45, 2.75) is 33.4 Å². The second-order valence-electron chi connectivity index (χ2n) is 6.21. The molecule has 0 bridgehead atoms. The fraction of sp³-hybridized carbons (Fsp3) is 0.286. The van der Waals surface area contributed by atoms with Gasteiger partial charge in [-0.2, -0.15) is 0 Å². The highest BCUT2D eigenvalue weighted by Crippen LogP contribution is 2.22. The largest absolute Gasteiger partial charge is 0.491 e. The van der Waals surface area contributed by atoms with Crippen LogP contribution in [-0.2, 0) is 19.6 Å². The van der Waals surface area contributed by atoms with Crippen molar-refractivity contribution in [2.24, 2.45) is 0 Å². The maximum absolute atomic E-state index is 9.65. The first-order chi connectivity index (χ1) is 12.1. The van der Waals surface area contributed by atoms with Crippen LogP contribution in [0.4, 0.5) is 0 Å². The first-order valence-corrected chi connectivity index (χ1v) is 8.53. The molecule has 0 atom stereocenters. The Hall–Kier alpha value is -2.59. The van der Waals surface area contributed by atoms with Gasteiger partial charge < -0.3 is 14.4 Å². The van der Waals surface area contributed by atoms with Crippen LogP contribution in [0.5, 0.6) is 5.75 Å². The lowest BCUT2D eigenvalue weighted by molar-refractivity contribution is 0.255. The van der Waals surface area contributed by atoms with Crippen molar-refractivity contribution < 1.29 is 9.84 Å². The summed E-state index contributed by atoms with van der Waals surface area (Å²) in [6.45, 7) is 9.03. The molecule has 0 amide bonds. The molecule has 0 fully saturated rings. The first kappa shape index (κ1) is 17.2. The predicted octanol–water partition coefficient (Wildman–Crippen LogP) is 3.95. The van der Waals surface area contributed by atoms with E-state index in [0.717, 1.165) is 28.8 Å². The topological polar surface area (TPSA) is 47.3 Å². The van der Waals surface area contributed by atoms with Crippen molar-refractivity contribution in [3.63, 3.8) is 0 Å². The van der Waals surface area contributed by atoms with Crippen LogP contribution < -0.4 is 4.74 Å². The molecule has 0 aliphatic heterocycles. The Labute approximate surface area is 148 Å². The summed E-state index contributed by atoms with van der Waals surface area (Å²) in [6, 6.07) is 12.2. The molecular formula is C21H24N2O2. The highest BCUT2D eigenvalue weighted by atomic mass is 16.5. The second-order valence-corrected chi connectivity index (χ2v) is 6.21. The molecule has 2 aromatic carbocycles. The number of hydrogen-bond donors (Lipinski definition) is 1. The smallest absolute Gasteiger partial charge is 0.135 e. The minimum atomic E-state index is -0.0835. The maximum Gasteiger partial charge on any atom is 0.135 e. The number of nitrogens with zero attached hydrogens (tertiary/aromatic N) is 2. The van der Waals surface area contributed by atoms with Gasteiger partial charge in [-0.3, -0.25) is 0 Å². The van der Waals surface area contributed by atoms with E-state index in [-0.39, 0.29) is 6.61 Å². The Balaban J connectivity index is 1.81. The zero-order valence-electron chi connectivity index (χ0n) is 14.8. The summed E-state index contributed by atoms with van der Waals surface area (Å²) in [7, 11) is 0. The molecule has 1 heterocycles. The minimum Gasteiger partial charge on any atom is -0.491 e. The van der Waals surface area contributed by atoms with Gasteiger partial charge in [-0.1, -0.05) is 24.3 Å². The lowest BCUT2D eigenvalue weighted by Gasteiger charge is -2.13. The summed E-state index contributed by atoms with van der Waals surface area (Å²) in [4.78, 5) is 4.55. The van der Waals surface area contributed by atoms with Crippen LogP contribution in [0.15, 0.2) is 49.1 Å². The van der Waals surface area contributed by atoms with Crippen LogP contribution >= 0.6 is 0 Å². The van der Waals surface area contributed by atoms with Crippen LogP contribution in [-0.4, -0.2) is 21.3 Å². The lowest BCUT2D eigenvalue weighted by atomic mass is 10.1. The van der Waals surface area contributed by atoms with Crippen molar-refractivity contribution in [3.05, 3.63) is 71.6 Å². The van der Waals surface area contributed by atoms with Crippen LogP contribution in [0, 0.1) is 13.8 Å². The molecule has 3 rings (SSSR count). The van der Waals surface area contributed by atoms with Gasteiger partial charge in [0.2, 0.25) is 0 Å². The molecule has 0 radical (unpaired) electrons. The molecule has 0 spiro atoms. The monoisotopic (exact) mass is 336 g/mol. The van der Waals surface area contributed by atoms with Crippen molar-refractivity contribution in [1.29, 1.82) is 0 Å². The molecule has 3 aromatic rings. The van der Waals surface area contributed by atoms with Gasteiger partial charge in [-0.05, 0) is 55.2 Å². The van der Waals surface area contributed by atoms with Crippen LogP contribution in [0.1, 0.15) is 22.5 Å². The third-order valence-corrected chi connectivity index (χ3v) is 4.49. The Kier molecular flexibility index (Phi) is 5.19. The van der Waals surface area contributed by atoms with Crippen LogP contribution in [0.3, 0.4) is 0 Å². The number of para-hydroxylation sites is 1. The molecule has 0 saturated heterocycles. The number of benzene rings is 2. The summed E-state index contributed by atoms with van der Waals surface area (Å²) in [5.41, 5.74) is 5.50. The van der Waals surface area contributed by atoms with E-state index in [9.17, 15) is 5.11 Å². The molecule has 1 aromatic heterocycles. The summed E-state index contributed by atoms with van der Waals surface area (Å²) in [5.74, 6) is 1.55. The SMILES string of the molecule is C=CCc1ccccc1OCCn1c(CO)nc2cc(C)c(C)cc21. The Morgan fingerprint density at radius 1 is 1.20 bits per heavy atom. The van der Waals surface area contributed by atoms with Gasteiger partial charge in [0, 0.05) is 0 Å². The van der Waals surface area contributed by atoms with E-state index in [0.29, 0.717) is 19.0 Å². The highest BCUT2D eigenvalue weighted by Gasteiger charge is 2.12. The van der Waals surface area contributed by atoms with E-state index >= 15 is 0 Å². The molecule has 1 N–H and O–H groups in total.